The molecule has 0 heterocycles. The maximum absolute atomic E-state index is 5.71. The molecule has 0 saturated carbocycles. The molecular weight excluding hydrogens is 246 g/mol. The summed E-state index contributed by atoms with van der Waals surface area (Å²) in [7, 11) is 0. The third-order valence-electron chi connectivity index (χ3n) is 3.83. The third-order valence-corrected chi connectivity index (χ3v) is 3.83. The molecule has 0 amide bonds. The molecule has 0 spiro atoms. The van der Waals surface area contributed by atoms with E-state index in [4.69, 9.17) is 4.74 Å². The molecule has 1 aliphatic rings. The molecule has 0 fully saturated rings. The highest BCUT2D eigenvalue weighted by molar-refractivity contribution is 5.55. The highest BCUT2D eigenvalue weighted by Crippen LogP contribution is 2.27. The molecule has 0 saturated heterocycles. The van der Waals surface area contributed by atoms with Crippen LogP contribution in [-0.4, -0.2) is 13.2 Å². The maximum atomic E-state index is 5.71. The lowest BCUT2D eigenvalue weighted by molar-refractivity contribution is 0.333. The molecule has 1 N–H and O–H groups in total. The Hall–Kier alpha value is -1.96. The number of ether oxygens (including phenoxy) is 1. The Balaban J connectivity index is 1.54. The van der Waals surface area contributed by atoms with Crippen molar-refractivity contribution in [3.63, 3.8) is 0 Å². The van der Waals surface area contributed by atoms with E-state index in [9.17, 15) is 0 Å². The smallest absolute Gasteiger partial charge is 0.119 e. The fraction of sp³-hybridized carbons (Fsp3) is 0.333. The molecule has 0 aliphatic heterocycles. The molecule has 3 rings (SSSR count). The van der Waals surface area contributed by atoms with Crippen LogP contribution in [0.15, 0.2) is 48.5 Å². The summed E-state index contributed by atoms with van der Waals surface area (Å²) in [6.07, 6.45) is 5.07. The SMILES string of the molecule is c1ccc(OCCNc2cccc3c2CCCC3)cc1. The van der Waals surface area contributed by atoms with Crippen LogP contribution in [0.4, 0.5) is 5.69 Å². The average molecular weight is 267 g/mol. The molecule has 104 valence electrons. The Kier molecular flexibility index (Phi) is 4.22. The molecule has 2 aromatic rings. The van der Waals surface area contributed by atoms with Gasteiger partial charge in [0, 0.05) is 12.2 Å². The number of hydrogen-bond donors (Lipinski definition) is 1. The van der Waals surface area contributed by atoms with Crippen LogP contribution in [0, 0.1) is 0 Å². The van der Waals surface area contributed by atoms with Crippen LogP contribution in [-0.2, 0) is 12.8 Å². The van der Waals surface area contributed by atoms with E-state index < -0.39 is 0 Å². The molecule has 0 unspecified atom stereocenters. The summed E-state index contributed by atoms with van der Waals surface area (Å²) >= 11 is 0. The lowest BCUT2D eigenvalue weighted by Gasteiger charge is -2.20. The van der Waals surface area contributed by atoms with Crippen LogP contribution in [0.1, 0.15) is 24.0 Å². The van der Waals surface area contributed by atoms with Crippen LogP contribution in [0.2, 0.25) is 0 Å². The minimum atomic E-state index is 0.688. The molecule has 0 radical (unpaired) electrons. The van der Waals surface area contributed by atoms with Crippen molar-refractivity contribution >= 4 is 5.69 Å². The van der Waals surface area contributed by atoms with Gasteiger partial charge in [-0.3, -0.25) is 0 Å². The Bertz CT molecular complexity index is 551. The minimum Gasteiger partial charge on any atom is -0.492 e. The molecule has 2 nitrogen and oxygen atoms in total. The molecular formula is C18H21NO. The standard InChI is InChI=1S/C18H21NO/c1-2-9-16(10-3-1)20-14-13-19-18-12-6-8-15-7-4-5-11-17(15)18/h1-3,6,8-10,12,19H,4-5,7,11,13-14H2. The second kappa shape index (κ2) is 6.47. The van der Waals surface area contributed by atoms with E-state index in [-0.39, 0.29) is 0 Å². The monoisotopic (exact) mass is 267 g/mol. The zero-order valence-electron chi connectivity index (χ0n) is 11.8. The van der Waals surface area contributed by atoms with Crippen molar-refractivity contribution in [1.29, 1.82) is 0 Å². The zero-order chi connectivity index (χ0) is 13.6. The van der Waals surface area contributed by atoms with Gasteiger partial charge in [0.2, 0.25) is 0 Å². The zero-order valence-corrected chi connectivity index (χ0v) is 11.8. The van der Waals surface area contributed by atoms with Crippen molar-refractivity contribution < 1.29 is 4.74 Å². The Morgan fingerprint density at radius 2 is 1.75 bits per heavy atom. The van der Waals surface area contributed by atoms with Gasteiger partial charge in [-0.25, -0.2) is 0 Å². The van der Waals surface area contributed by atoms with Crippen LogP contribution >= 0.6 is 0 Å². The first-order valence-electron chi connectivity index (χ1n) is 7.46. The number of anilines is 1. The van der Waals surface area contributed by atoms with E-state index in [1.807, 2.05) is 30.3 Å². The van der Waals surface area contributed by atoms with E-state index >= 15 is 0 Å². The van der Waals surface area contributed by atoms with Crippen LogP contribution in [0.25, 0.3) is 0 Å². The number of rotatable bonds is 5. The Labute approximate surface area is 120 Å². The van der Waals surface area contributed by atoms with Crippen LogP contribution < -0.4 is 10.1 Å². The summed E-state index contributed by atoms with van der Waals surface area (Å²) in [4.78, 5) is 0. The van der Waals surface area contributed by atoms with Crippen molar-refractivity contribution in [2.45, 2.75) is 25.7 Å². The molecule has 0 bridgehead atoms. The van der Waals surface area contributed by atoms with Gasteiger partial charge in [-0.1, -0.05) is 30.3 Å². The number of para-hydroxylation sites is 1. The molecule has 2 heteroatoms. The number of aryl methyl sites for hydroxylation is 1. The van der Waals surface area contributed by atoms with Crippen LogP contribution in [0.5, 0.6) is 5.75 Å². The van der Waals surface area contributed by atoms with Gasteiger partial charge in [-0.05, 0) is 55.0 Å². The predicted octanol–water partition coefficient (Wildman–Crippen LogP) is 4.06. The van der Waals surface area contributed by atoms with Crippen molar-refractivity contribution in [2.75, 3.05) is 18.5 Å². The summed E-state index contributed by atoms with van der Waals surface area (Å²) in [5.41, 5.74) is 4.32. The van der Waals surface area contributed by atoms with E-state index in [0.717, 1.165) is 12.3 Å². The summed E-state index contributed by atoms with van der Waals surface area (Å²) in [5, 5.41) is 3.52. The molecule has 0 atom stereocenters. The van der Waals surface area contributed by atoms with E-state index in [2.05, 4.69) is 23.5 Å². The van der Waals surface area contributed by atoms with Gasteiger partial charge in [0.1, 0.15) is 12.4 Å². The van der Waals surface area contributed by atoms with Gasteiger partial charge in [0.15, 0.2) is 0 Å². The minimum absolute atomic E-state index is 0.688. The van der Waals surface area contributed by atoms with Crippen molar-refractivity contribution in [2.24, 2.45) is 0 Å². The summed E-state index contributed by atoms with van der Waals surface area (Å²) < 4.78 is 5.71. The highest BCUT2D eigenvalue weighted by Gasteiger charge is 2.12. The lowest BCUT2D eigenvalue weighted by Crippen LogP contribution is -2.14. The van der Waals surface area contributed by atoms with Gasteiger partial charge in [-0.2, -0.15) is 0 Å². The Morgan fingerprint density at radius 1 is 0.900 bits per heavy atom. The van der Waals surface area contributed by atoms with Crippen molar-refractivity contribution in [1.82, 2.24) is 0 Å². The fourth-order valence-corrected chi connectivity index (χ4v) is 2.82. The topological polar surface area (TPSA) is 21.3 Å². The van der Waals surface area contributed by atoms with Gasteiger partial charge in [0.05, 0.1) is 0 Å². The second-order valence-corrected chi connectivity index (χ2v) is 5.24. The van der Waals surface area contributed by atoms with E-state index in [1.54, 1.807) is 0 Å². The first-order chi connectivity index (χ1) is 9.93. The number of fused-ring (bicyclic) bond motifs is 1. The summed E-state index contributed by atoms with van der Waals surface area (Å²) in [6.45, 7) is 1.53. The summed E-state index contributed by atoms with van der Waals surface area (Å²) in [6, 6.07) is 16.6. The normalized spacial score (nSPS) is 13.6. The molecule has 1 aliphatic carbocycles. The van der Waals surface area contributed by atoms with Gasteiger partial charge >= 0.3 is 0 Å². The first-order valence-corrected chi connectivity index (χ1v) is 7.46. The maximum Gasteiger partial charge on any atom is 0.119 e. The van der Waals surface area contributed by atoms with E-state index in [1.165, 1.54) is 42.5 Å². The quantitative estimate of drug-likeness (QED) is 0.825. The lowest BCUT2D eigenvalue weighted by atomic mass is 9.90. The Morgan fingerprint density at radius 3 is 2.65 bits per heavy atom. The molecule has 0 aromatic heterocycles. The van der Waals surface area contributed by atoms with Crippen molar-refractivity contribution in [3.8, 4) is 5.75 Å². The van der Waals surface area contributed by atoms with Crippen molar-refractivity contribution in [3.05, 3.63) is 59.7 Å². The highest BCUT2D eigenvalue weighted by atomic mass is 16.5. The largest absolute Gasteiger partial charge is 0.492 e. The average Bonchev–Trinajstić information content (AvgIpc) is 2.53. The molecule has 2 aromatic carbocycles. The van der Waals surface area contributed by atoms with Crippen LogP contribution in [0.3, 0.4) is 0 Å². The predicted molar refractivity (Wildman–Crippen MR) is 83.5 cm³/mol. The number of benzene rings is 2. The second-order valence-electron chi connectivity index (χ2n) is 5.24. The fourth-order valence-electron chi connectivity index (χ4n) is 2.82. The van der Waals surface area contributed by atoms with Gasteiger partial charge in [-0.15, -0.1) is 0 Å². The number of hydrogen-bond acceptors (Lipinski definition) is 2. The summed E-state index contributed by atoms with van der Waals surface area (Å²) in [5.74, 6) is 0.935. The van der Waals surface area contributed by atoms with E-state index in [0.29, 0.717) is 6.61 Å². The van der Waals surface area contributed by atoms with Gasteiger partial charge < -0.3 is 10.1 Å². The molecule has 20 heavy (non-hydrogen) atoms. The number of nitrogens with one attached hydrogen (secondary N) is 1. The first kappa shape index (κ1) is 13.0. The third kappa shape index (κ3) is 3.13. The van der Waals surface area contributed by atoms with Gasteiger partial charge in [0.25, 0.3) is 0 Å².